The summed E-state index contributed by atoms with van der Waals surface area (Å²) in [6, 6.07) is 8.04. The van der Waals surface area contributed by atoms with Gasteiger partial charge in [-0.3, -0.25) is 0 Å². The van der Waals surface area contributed by atoms with Crippen LogP contribution in [0.3, 0.4) is 0 Å². The summed E-state index contributed by atoms with van der Waals surface area (Å²) in [7, 11) is 3.95. The molecule has 7 heteroatoms. The van der Waals surface area contributed by atoms with E-state index < -0.39 is 0 Å². The van der Waals surface area contributed by atoms with Crippen LogP contribution in [0, 0.1) is 20.8 Å². The number of carbonyl (C=O) groups excluding carboxylic acids is 1. The molecule has 2 heterocycles. The zero-order valence-electron chi connectivity index (χ0n) is 16.8. The van der Waals surface area contributed by atoms with Crippen LogP contribution in [0.1, 0.15) is 17.0 Å². The lowest BCUT2D eigenvalue weighted by Gasteiger charge is -2.35. The molecule has 1 fully saturated rings. The number of rotatable bonds is 3. The molecule has 7 nitrogen and oxygen atoms in total. The molecule has 0 aliphatic carbocycles. The molecule has 0 atom stereocenters. The molecule has 0 radical (unpaired) electrons. The van der Waals surface area contributed by atoms with Crippen LogP contribution in [-0.2, 0) is 0 Å². The van der Waals surface area contributed by atoms with E-state index in [0.717, 1.165) is 47.4 Å². The average molecular weight is 368 g/mol. The molecule has 1 aliphatic heterocycles. The molecule has 1 aromatic heterocycles. The quantitative estimate of drug-likeness (QED) is 0.902. The van der Waals surface area contributed by atoms with Crippen LogP contribution in [-0.4, -0.2) is 61.2 Å². The Morgan fingerprint density at radius 1 is 1.04 bits per heavy atom. The average Bonchev–Trinajstić information content (AvgIpc) is 2.64. The molecule has 0 bridgehead atoms. The van der Waals surface area contributed by atoms with Gasteiger partial charge in [-0.25, -0.2) is 14.8 Å². The third-order valence-electron chi connectivity index (χ3n) is 4.79. The second-order valence-electron chi connectivity index (χ2n) is 7.25. The van der Waals surface area contributed by atoms with Crippen molar-refractivity contribution in [1.82, 2.24) is 14.9 Å². The highest BCUT2D eigenvalue weighted by molar-refractivity contribution is 5.90. The fraction of sp³-hybridized carbons (Fsp3) is 0.450. The van der Waals surface area contributed by atoms with Crippen LogP contribution in [0.25, 0.3) is 0 Å². The summed E-state index contributed by atoms with van der Waals surface area (Å²) in [4.78, 5) is 27.7. The fourth-order valence-electron chi connectivity index (χ4n) is 3.13. The molecule has 1 N–H and O–H groups in total. The lowest BCUT2D eigenvalue weighted by Crippen LogP contribution is -2.50. The van der Waals surface area contributed by atoms with E-state index in [-0.39, 0.29) is 6.03 Å². The van der Waals surface area contributed by atoms with E-state index in [4.69, 9.17) is 0 Å². The minimum Gasteiger partial charge on any atom is -0.363 e. The summed E-state index contributed by atoms with van der Waals surface area (Å²) in [5.74, 6) is 2.57. The van der Waals surface area contributed by atoms with Crippen LogP contribution < -0.4 is 15.1 Å². The SMILES string of the molecule is Cc1ccc(C)c(NC(=O)N2CCN(c3cc(N(C)C)nc(C)n3)CC2)c1. The Kier molecular flexibility index (Phi) is 5.48. The molecule has 2 aromatic rings. The van der Waals surface area contributed by atoms with Crippen molar-refractivity contribution in [2.45, 2.75) is 20.8 Å². The van der Waals surface area contributed by atoms with Crippen LogP contribution in [0.4, 0.5) is 22.1 Å². The zero-order chi connectivity index (χ0) is 19.6. The second kappa shape index (κ2) is 7.82. The first kappa shape index (κ1) is 18.9. The molecule has 1 saturated heterocycles. The molecule has 1 aliphatic rings. The minimum atomic E-state index is -0.0452. The lowest BCUT2D eigenvalue weighted by atomic mass is 10.1. The van der Waals surface area contributed by atoms with Gasteiger partial charge in [-0.1, -0.05) is 12.1 Å². The smallest absolute Gasteiger partial charge is 0.321 e. The van der Waals surface area contributed by atoms with Gasteiger partial charge in [-0.2, -0.15) is 0 Å². The van der Waals surface area contributed by atoms with Gasteiger partial charge in [0.05, 0.1) is 0 Å². The number of hydrogen-bond acceptors (Lipinski definition) is 5. The van der Waals surface area contributed by atoms with E-state index >= 15 is 0 Å². The van der Waals surface area contributed by atoms with Crippen molar-refractivity contribution in [3.05, 3.63) is 41.2 Å². The topological polar surface area (TPSA) is 64.6 Å². The number of nitrogens with zero attached hydrogens (tertiary/aromatic N) is 5. The maximum Gasteiger partial charge on any atom is 0.321 e. The molecular weight excluding hydrogens is 340 g/mol. The normalized spacial score (nSPS) is 14.3. The largest absolute Gasteiger partial charge is 0.363 e. The molecule has 3 rings (SSSR count). The number of aromatic nitrogens is 2. The Morgan fingerprint density at radius 3 is 2.41 bits per heavy atom. The number of aryl methyl sites for hydroxylation is 3. The Labute approximate surface area is 161 Å². The highest BCUT2D eigenvalue weighted by Crippen LogP contribution is 2.20. The molecule has 0 saturated carbocycles. The first-order valence-corrected chi connectivity index (χ1v) is 9.24. The van der Waals surface area contributed by atoms with E-state index in [1.807, 2.05) is 62.9 Å². The number of hydrogen-bond donors (Lipinski definition) is 1. The summed E-state index contributed by atoms with van der Waals surface area (Å²) >= 11 is 0. The predicted molar refractivity (Wildman–Crippen MR) is 110 cm³/mol. The van der Waals surface area contributed by atoms with E-state index in [1.54, 1.807) is 0 Å². The first-order valence-electron chi connectivity index (χ1n) is 9.24. The molecule has 2 amide bonds. The third-order valence-corrected chi connectivity index (χ3v) is 4.79. The summed E-state index contributed by atoms with van der Waals surface area (Å²) in [5, 5.41) is 3.04. The number of carbonyl (C=O) groups is 1. The fourth-order valence-corrected chi connectivity index (χ4v) is 3.13. The second-order valence-corrected chi connectivity index (χ2v) is 7.25. The number of anilines is 3. The highest BCUT2D eigenvalue weighted by Gasteiger charge is 2.23. The van der Waals surface area contributed by atoms with Crippen LogP contribution in [0.5, 0.6) is 0 Å². The van der Waals surface area contributed by atoms with Gasteiger partial charge in [0.1, 0.15) is 17.5 Å². The van der Waals surface area contributed by atoms with Crippen LogP contribution >= 0.6 is 0 Å². The predicted octanol–water partition coefficient (Wildman–Crippen LogP) is 2.82. The van der Waals surface area contributed by atoms with Gasteiger partial charge in [0.25, 0.3) is 0 Å². The van der Waals surface area contributed by atoms with Crippen LogP contribution in [0.2, 0.25) is 0 Å². The number of benzene rings is 1. The van der Waals surface area contributed by atoms with Crippen molar-refractivity contribution < 1.29 is 4.79 Å². The lowest BCUT2D eigenvalue weighted by molar-refractivity contribution is 0.208. The number of urea groups is 1. The maximum absolute atomic E-state index is 12.6. The Hall–Kier alpha value is -2.83. The van der Waals surface area contributed by atoms with Gasteiger partial charge in [0, 0.05) is 52.0 Å². The molecule has 1 aromatic carbocycles. The van der Waals surface area contributed by atoms with Gasteiger partial charge in [-0.05, 0) is 38.0 Å². The molecular formula is C20H28N6O. The molecule has 27 heavy (non-hydrogen) atoms. The summed E-state index contributed by atoms with van der Waals surface area (Å²) < 4.78 is 0. The van der Waals surface area contributed by atoms with E-state index in [2.05, 4.69) is 26.3 Å². The Balaban J connectivity index is 1.63. The van der Waals surface area contributed by atoms with Crippen molar-refractivity contribution in [2.24, 2.45) is 0 Å². The van der Waals surface area contributed by atoms with E-state index in [0.29, 0.717) is 13.1 Å². The third kappa shape index (κ3) is 4.48. The van der Waals surface area contributed by atoms with Gasteiger partial charge in [0.15, 0.2) is 0 Å². The summed E-state index contributed by atoms with van der Waals surface area (Å²) in [6.07, 6.45) is 0. The number of amides is 2. The van der Waals surface area contributed by atoms with Crippen molar-refractivity contribution in [2.75, 3.05) is 55.4 Å². The summed E-state index contributed by atoms with van der Waals surface area (Å²) in [6.45, 7) is 8.78. The van der Waals surface area contributed by atoms with Gasteiger partial charge in [-0.15, -0.1) is 0 Å². The number of nitrogens with one attached hydrogen (secondary N) is 1. The van der Waals surface area contributed by atoms with Gasteiger partial charge in [0.2, 0.25) is 0 Å². The Bertz CT molecular complexity index is 827. The van der Waals surface area contributed by atoms with E-state index in [1.165, 1.54) is 0 Å². The standard InChI is InChI=1S/C20H28N6O/c1-14-6-7-15(2)17(12-14)23-20(27)26-10-8-25(9-11-26)19-13-18(24(4)5)21-16(3)22-19/h6-7,12-13H,8-11H2,1-5H3,(H,23,27). The molecule has 0 spiro atoms. The van der Waals surface area contributed by atoms with Gasteiger partial charge < -0.3 is 20.0 Å². The van der Waals surface area contributed by atoms with Crippen molar-refractivity contribution in [3.8, 4) is 0 Å². The molecule has 0 unspecified atom stereocenters. The minimum absolute atomic E-state index is 0.0452. The van der Waals surface area contributed by atoms with E-state index in [9.17, 15) is 4.79 Å². The zero-order valence-corrected chi connectivity index (χ0v) is 16.8. The summed E-state index contributed by atoms with van der Waals surface area (Å²) in [5.41, 5.74) is 3.08. The van der Waals surface area contributed by atoms with Crippen molar-refractivity contribution in [1.29, 1.82) is 0 Å². The van der Waals surface area contributed by atoms with Crippen LogP contribution in [0.15, 0.2) is 24.3 Å². The van der Waals surface area contributed by atoms with Gasteiger partial charge >= 0.3 is 6.03 Å². The van der Waals surface area contributed by atoms with Crippen molar-refractivity contribution >= 4 is 23.4 Å². The molecule has 144 valence electrons. The maximum atomic E-state index is 12.6. The highest BCUT2D eigenvalue weighted by atomic mass is 16.2. The number of piperazine rings is 1. The first-order chi connectivity index (χ1) is 12.8. The monoisotopic (exact) mass is 368 g/mol. The Morgan fingerprint density at radius 2 is 1.74 bits per heavy atom. The van der Waals surface area contributed by atoms with Crippen molar-refractivity contribution in [3.63, 3.8) is 0 Å².